The third kappa shape index (κ3) is 4.34. The van der Waals surface area contributed by atoms with E-state index < -0.39 is 39.0 Å². The third-order valence-electron chi connectivity index (χ3n) is 2.48. The molecule has 7 heteroatoms. The molecular formula is C12H12FNO4S. The average Bonchev–Trinajstić information content (AvgIpc) is 2.30. The van der Waals surface area contributed by atoms with Crippen LogP contribution in [0.4, 0.5) is 4.39 Å². The molecule has 0 fully saturated rings. The van der Waals surface area contributed by atoms with Crippen LogP contribution in [0.1, 0.15) is 18.1 Å². The number of carboxylic acid groups (broad SMARTS) is 1. The molecule has 0 aliphatic carbocycles. The Bertz CT molecular complexity index is 634. The van der Waals surface area contributed by atoms with Gasteiger partial charge in [0.05, 0.1) is 29.1 Å². The van der Waals surface area contributed by atoms with Crippen molar-refractivity contribution >= 4 is 15.8 Å². The fraction of sp³-hybridized carbons (Fsp3) is 0.333. The lowest BCUT2D eigenvalue weighted by atomic mass is 10.1. The van der Waals surface area contributed by atoms with Crippen LogP contribution in [0.5, 0.6) is 0 Å². The molecule has 0 spiro atoms. The number of aliphatic carboxylic acids is 1. The maximum Gasteiger partial charge on any atom is 0.307 e. The van der Waals surface area contributed by atoms with Gasteiger partial charge in [0.1, 0.15) is 5.82 Å². The Balaban J connectivity index is 2.90. The topological polar surface area (TPSA) is 95.2 Å². The molecular weight excluding hydrogens is 273 g/mol. The average molecular weight is 285 g/mol. The smallest absolute Gasteiger partial charge is 0.307 e. The first kappa shape index (κ1) is 15.1. The van der Waals surface area contributed by atoms with Gasteiger partial charge in [-0.15, -0.1) is 0 Å². The van der Waals surface area contributed by atoms with Crippen molar-refractivity contribution in [1.29, 1.82) is 5.26 Å². The van der Waals surface area contributed by atoms with Crippen molar-refractivity contribution in [2.24, 2.45) is 5.92 Å². The Kier molecular flexibility index (Phi) is 4.62. The molecule has 1 aromatic carbocycles. The second-order valence-electron chi connectivity index (χ2n) is 4.21. The molecule has 0 aliphatic heterocycles. The standard InChI is InChI=1S/C12H12FNO4S/c1-8(12(15)16)6-19(17,18)7-10-3-2-9(5-14)4-11(10)13/h2-4,8H,6-7H2,1H3,(H,15,16). The molecule has 0 saturated carbocycles. The van der Waals surface area contributed by atoms with Crippen LogP contribution in [0.3, 0.4) is 0 Å². The van der Waals surface area contributed by atoms with E-state index in [1.165, 1.54) is 19.1 Å². The van der Waals surface area contributed by atoms with E-state index in [1.807, 2.05) is 0 Å². The van der Waals surface area contributed by atoms with E-state index in [0.29, 0.717) is 0 Å². The molecule has 1 atom stereocenters. The number of rotatable bonds is 5. The van der Waals surface area contributed by atoms with E-state index in [1.54, 1.807) is 6.07 Å². The second-order valence-corrected chi connectivity index (χ2v) is 6.32. The number of nitrogens with zero attached hydrogens (tertiary/aromatic N) is 1. The van der Waals surface area contributed by atoms with E-state index in [-0.39, 0.29) is 11.1 Å². The fourth-order valence-corrected chi connectivity index (χ4v) is 3.21. The van der Waals surface area contributed by atoms with Gasteiger partial charge in [-0.1, -0.05) is 13.0 Å². The Morgan fingerprint density at radius 1 is 1.53 bits per heavy atom. The number of halogens is 1. The lowest BCUT2D eigenvalue weighted by Crippen LogP contribution is -2.22. The van der Waals surface area contributed by atoms with Crippen LogP contribution >= 0.6 is 0 Å². The molecule has 0 bridgehead atoms. The zero-order valence-corrected chi connectivity index (χ0v) is 10.9. The number of sulfone groups is 1. The van der Waals surface area contributed by atoms with Crippen LogP contribution < -0.4 is 0 Å². The summed E-state index contributed by atoms with van der Waals surface area (Å²) in [5.74, 6) is -4.19. The van der Waals surface area contributed by atoms with Crippen LogP contribution in [0.2, 0.25) is 0 Å². The minimum Gasteiger partial charge on any atom is -0.481 e. The lowest BCUT2D eigenvalue weighted by Gasteiger charge is -2.08. The van der Waals surface area contributed by atoms with E-state index in [4.69, 9.17) is 10.4 Å². The van der Waals surface area contributed by atoms with Gasteiger partial charge < -0.3 is 5.11 Å². The van der Waals surface area contributed by atoms with Gasteiger partial charge in [-0.2, -0.15) is 5.26 Å². The first-order chi connectivity index (χ1) is 8.75. The van der Waals surface area contributed by atoms with Crippen molar-refractivity contribution in [2.75, 3.05) is 5.75 Å². The molecule has 0 aliphatic rings. The highest BCUT2D eigenvalue weighted by atomic mass is 32.2. The highest BCUT2D eigenvalue weighted by Crippen LogP contribution is 2.15. The molecule has 1 aromatic rings. The van der Waals surface area contributed by atoms with Crippen molar-refractivity contribution in [2.45, 2.75) is 12.7 Å². The van der Waals surface area contributed by atoms with Crippen LogP contribution in [0.15, 0.2) is 18.2 Å². The van der Waals surface area contributed by atoms with Gasteiger partial charge in [-0.3, -0.25) is 4.79 Å². The number of hydrogen-bond donors (Lipinski definition) is 1. The molecule has 1 unspecified atom stereocenters. The predicted octanol–water partition coefficient (Wildman–Crippen LogP) is 1.33. The Morgan fingerprint density at radius 2 is 2.16 bits per heavy atom. The van der Waals surface area contributed by atoms with Gasteiger partial charge in [0.15, 0.2) is 9.84 Å². The SMILES string of the molecule is CC(CS(=O)(=O)Cc1ccc(C#N)cc1F)C(=O)O. The number of hydrogen-bond acceptors (Lipinski definition) is 4. The molecule has 102 valence electrons. The monoisotopic (exact) mass is 285 g/mol. The van der Waals surface area contributed by atoms with Crippen molar-refractivity contribution in [3.05, 3.63) is 35.1 Å². The van der Waals surface area contributed by atoms with Gasteiger partial charge in [0.25, 0.3) is 0 Å². The largest absolute Gasteiger partial charge is 0.481 e. The minimum atomic E-state index is -3.72. The Labute approximate surface area is 110 Å². The van der Waals surface area contributed by atoms with Crippen LogP contribution in [-0.2, 0) is 20.4 Å². The molecule has 1 N–H and O–H groups in total. The Hall–Kier alpha value is -1.94. The maximum absolute atomic E-state index is 13.5. The predicted molar refractivity (Wildman–Crippen MR) is 65.4 cm³/mol. The van der Waals surface area contributed by atoms with Crippen molar-refractivity contribution in [3.8, 4) is 6.07 Å². The van der Waals surface area contributed by atoms with Crippen LogP contribution in [-0.4, -0.2) is 25.2 Å². The fourth-order valence-electron chi connectivity index (χ4n) is 1.48. The first-order valence-corrected chi connectivity index (χ1v) is 7.19. The number of carbonyl (C=O) groups is 1. The molecule has 0 saturated heterocycles. The number of carboxylic acids is 1. The summed E-state index contributed by atoms with van der Waals surface area (Å²) >= 11 is 0. The normalized spacial score (nSPS) is 12.7. The summed E-state index contributed by atoms with van der Waals surface area (Å²) in [6, 6.07) is 5.22. The molecule has 0 aromatic heterocycles. The molecule has 0 heterocycles. The van der Waals surface area contributed by atoms with E-state index in [2.05, 4.69) is 0 Å². The summed E-state index contributed by atoms with van der Waals surface area (Å²) in [6.45, 7) is 1.27. The number of benzene rings is 1. The van der Waals surface area contributed by atoms with Crippen LogP contribution in [0.25, 0.3) is 0 Å². The molecule has 0 radical (unpaired) electrons. The number of nitriles is 1. The summed E-state index contributed by atoms with van der Waals surface area (Å²) in [4.78, 5) is 10.6. The summed E-state index contributed by atoms with van der Waals surface area (Å²) in [5.41, 5.74) is 0.0224. The van der Waals surface area contributed by atoms with Gasteiger partial charge >= 0.3 is 5.97 Å². The first-order valence-electron chi connectivity index (χ1n) is 5.37. The summed E-state index contributed by atoms with van der Waals surface area (Å²) < 4.78 is 37.0. The summed E-state index contributed by atoms with van der Waals surface area (Å²) in [5, 5.41) is 17.2. The highest BCUT2D eigenvalue weighted by molar-refractivity contribution is 7.90. The quantitative estimate of drug-likeness (QED) is 0.880. The van der Waals surface area contributed by atoms with Gasteiger partial charge in [-0.25, -0.2) is 12.8 Å². The third-order valence-corrected chi connectivity index (χ3v) is 4.24. The maximum atomic E-state index is 13.5. The van der Waals surface area contributed by atoms with Crippen molar-refractivity contribution in [3.63, 3.8) is 0 Å². The van der Waals surface area contributed by atoms with Gasteiger partial charge in [0, 0.05) is 5.56 Å². The highest BCUT2D eigenvalue weighted by Gasteiger charge is 2.22. The summed E-state index contributed by atoms with van der Waals surface area (Å²) in [7, 11) is -3.72. The molecule has 1 rings (SSSR count). The van der Waals surface area contributed by atoms with Gasteiger partial charge in [-0.05, 0) is 12.1 Å². The summed E-state index contributed by atoms with van der Waals surface area (Å²) in [6.07, 6.45) is 0. The van der Waals surface area contributed by atoms with E-state index >= 15 is 0 Å². The minimum absolute atomic E-state index is 0.0726. The van der Waals surface area contributed by atoms with Gasteiger partial charge in [0.2, 0.25) is 0 Å². The Morgan fingerprint density at radius 3 is 2.63 bits per heavy atom. The van der Waals surface area contributed by atoms with Crippen molar-refractivity contribution in [1.82, 2.24) is 0 Å². The zero-order chi connectivity index (χ0) is 14.6. The van der Waals surface area contributed by atoms with E-state index in [0.717, 1.165) is 6.07 Å². The zero-order valence-electron chi connectivity index (χ0n) is 10.1. The van der Waals surface area contributed by atoms with E-state index in [9.17, 15) is 17.6 Å². The molecule has 19 heavy (non-hydrogen) atoms. The lowest BCUT2D eigenvalue weighted by molar-refractivity contribution is -0.140. The second kappa shape index (κ2) is 5.80. The van der Waals surface area contributed by atoms with Crippen LogP contribution in [0, 0.1) is 23.1 Å². The molecule has 5 nitrogen and oxygen atoms in total. The molecule has 0 amide bonds. The van der Waals surface area contributed by atoms with Crippen molar-refractivity contribution < 1.29 is 22.7 Å².